The first-order chi connectivity index (χ1) is 12.6. The Kier molecular flexibility index (Phi) is 6.04. The molecule has 3 rings (SSSR count). The van der Waals surface area contributed by atoms with Gasteiger partial charge in [-0.1, -0.05) is 56.0 Å². The number of hydrogen-bond donors (Lipinski definition) is 2. The molecule has 26 heavy (non-hydrogen) atoms. The topological polar surface area (TPSA) is 84.1 Å². The smallest absolute Gasteiger partial charge is 0.357 e. The van der Waals surface area contributed by atoms with Crippen molar-refractivity contribution in [3.8, 4) is 11.3 Å². The van der Waals surface area contributed by atoms with Crippen LogP contribution in [0.15, 0.2) is 36.4 Å². The number of ether oxygens (including phenoxy) is 1. The average Bonchev–Trinajstić information content (AvgIpc) is 3.02. The number of esters is 1. The number of amides is 1. The second-order valence-electron chi connectivity index (χ2n) is 6.78. The molecule has 1 aliphatic rings. The third kappa shape index (κ3) is 4.71. The van der Waals surface area contributed by atoms with Crippen LogP contribution in [0.1, 0.15) is 55.9 Å². The van der Waals surface area contributed by atoms with E-state index in [0.717, 1.165) is 31.2 Å². The summed E-state index contributed by atoms with van der Waals surface area (Å²) >= 11 is 0. The first-order valence-electron chi connectivity index (χ1n) is 9.25. The van der Waals surface area contributed by atoms with Crippen molar-refractivity contribution in [2.45, 2.75) is 57.6 Å². The maximum atomic E-state index is 12.3. The van der Waals surface area contributed by atoms with E-state index >= 15 is 0 Å². The summed E-state index contributed by atoms with van der Waals surface area (Å²) in [6, 6.07) is 11.4. The molecule has 1 amide bonds. The summed E-state index contributed by atoms with van der Waals surface area (Å²) in [7, 11) is 0. The number of benzene rings is 1. The van der Waals surface area contributed by atoms with Gasteiger partial charge in [-0.15, -0.1) is 0 Å². The first kappa shape index (κ1) is 18.2. The highest BCUT2D eigenvalue weighted by atomic mass is 16.5. The van der Waals surface area contributed by atoms with Crippen molar-refractivity contribution in [3.63, 3.8) is 0 Å². The minimum Gasteiger partial charge on any atom is -0.448 e. The predicted molar refractivity (Wildman–Crippen MR) is 98.5 cm³/mol. The van der Waals surface area contributed by atoms with Crippen LogP contribution >= 0.6 is 0 Å². The Morgan fingerprint density at radius 2 is 1.85 bits per heavy atom. The molecule has 1 aromatic carbocycles. The van der Waals surface area contributed by atoms with Crippen LogP contribution in [0, 0.1) is 0 Å². The van der Waals surface area contributed by atoms with Crippen molar-refractivity contribution in [3.05, 3.63) is 42.1 Å². The molecule has 2 aromatic rings. The lowest BCUT2D eigenvalue weighted by atomic mass is 10.1. The van der Waals surface area contributed by atoms with E-state index < -0.39 is 12.1 Å². The highest BCUT2D eigenvalue weighted by Gasteiger charge is 2.23. The van der Waals surface area contributed by atoms with Gasteiger partial charge < -0.3 is 10.1 Å². The lowest BCUT2D eigenvalue weighted by Crippen LogP contribution is -2.41. The van der Waals surface area contributed by atoms with Crippen LogP contribution in [0.5, 0.6) is 0 Å². The average molecular weight is 355 g/mol. The molecule has 6 nitrogen and oxygen atoms in total. The highest BCUT2D eigenvalue weighted by Crippen LogP contribution is 2.19. The van der Waals surface area contributed by atoms with Crippen LogP contribution in [-0.4, -0.2) is 34.2 Å². The Balaban J connectivity index is 1.55. The van der Waals surface area contributed by atoms with Gasteiger partial charge in [0.25, 0.3) is 5.91 Å². The van der Waals surface area contributed by atoms with Gasteiger partial charge in [0.15, 0.2) is 6.10 Å². The molecule has 2 N–H and O–H groups in total. The minimum atomic E-state index is -0.839. The molecule has 1 aliphatic carbocycles. The van der Waals surface area contributed by atoms with Crippen LogP contribution in [0.3, 0.4) is 0 Å². The SMILES string of the molecule is C[C@H](OC(=O)c1cc(-c2ccccc2)n[nH]1)C(=O)NC1CCCCCC1. The van der Waals surface area contributed by atoms with Gasteiger partial charge in [0, 0.05) is 11.6 Å². The molecule has 0 saturated heterocycles. The number of rotatable bonds is 5. The Morgan fingerprint density at radius 3 is 2.54 bits per heavy atom. The molecule has 138 valence electrons. The zero-order valence-electron chi connectivity index (χ0n) is 15.0. The maximum absolute atomic E-state index is 12.3. The second kappa shape index (κ2) is 8.65. The Morgan fingerprint density at radius 1 is 1.15 bits per heavy atom. The molecule has 0 spiro atoms. The van der Waals surface area contributed by atoms with E-state index in [1.807, 2.05) is 30.3 Å². The molecule has 0 unspecified atom stereocenters. The van der Waals surface area contributed by atoms with Crippen molar-refractivity contribution in [1.29, 1.82) is 0 Å². The van der Waals surface area contributed by atoms with E-state index in [-0.39, 0.29) is 17.6 Å². The molecule has 1 atom stereocenters. The van der Waals surface area contributed by atoms with E-state index in [1.165, 1.54) is 12.8 Å². The monoisotopic (exact) mass is 355 g/mol. The van der Waals surface area contributed by atoms with Gasteiger partial charge in [-0.25, -0.2) is 4.79 Å². The largest absolute Gasteiger partial charge is 0.448 e. The van der Waals surface area contributed by atoms with E-state index in [9.17, 15) is 9.59 Å². The van der Waals surface area contributed by atoms with Gasteiger partial charge in [-0.3, -0.25) is 9.89 Å². The summed E-state index contributed by atoms with van der Waals surface area (Å²) in [6.45, 7) is 1.60. The Labute approximate surface area is 153 Å². The number of aromatic nitrogens is 2. The number of carbonyl (C=O) groups is 2. The van der Waals surface area contributed by atoms with Crippen LogP contribution in [0.25, 0.3) is 11.3 Å². The second-order valence-corrected chi connectivity index (χ2v) is 6.78. The molecule has 1 heterocycles. The number of aromatic amines is 1. The summed E-state index contributed by atoms with van der Waals surface area (Å²) in [6.07, 6.45) is 5.86. The Bertz CT molecular complexity index is 734. The van der Waals surface area contributed by atoms with Gasteiger partial charge in [0.2, 0.25) is 0 Å². The molecule has 1 fully saturated rings. The third-order valence-electron chi connectivity index (χ3n) is 4.72. The molecule has 0 aliphatic heterocycles. The molecule has 0 radical (unpaired) electrons. The molecule has 1 saturated carbocycles. The van der Waals surface area contributed by atoms with Crippen molar-refractivity contribution in [2.75, 3.05) is 0 Å². The normalized spacial score (nSPS) is 16.5. The summed E-state index contributed by atoms with van der Waals surface area (Å²) < 4.78 is 5.30. The van der Waals surface area contributed by atoms with Crippen LogP contribution < -0.4 is 5.32 Å². The molecule has 6 heteroatoms. The van der Waals surface area contributed by atoms with Gasteiger partial charge in [-0.2, -0.15) is 5.10 Å². The standard InChI is InChI=1S/C20H25N3O3/c1-14(19(24)21-16-11-7-2-3-8-12-16)26-20(25)18-13-17(22-23-18)15-9-5-4-6-10-15/h4-6,9-10,13-14,16H,2-3,7-8,11-12H2,1H3,(H,21,24)(H,22,23)/t14-/m0/s1. The van der Waals surface area contributed by atoms with Crippen molar-refractivity contribution in [2.24, 2.45) is 0 Å². The number of H-pyrrole nitrogens is 1. The van der Waals surface area contributed by atoms with Crippen LogP contribution in [-0.2, 0) is 9.53 Å². The molecular formula is C20H25N3O3. The number of nitrogens with one attached hydrogen (secondary N) is 2. The summed E-state index contributed by atoms with van der Waals surface area (Å²) in [5.74, 6) is -0.823. The fraction of sp³-hybridized carbons (Fsp3) is 0.450. The van der Waals surface area contributed by atoms with Crippen molar-refractivity contribution < 1.29 is 14.3 Å². The first-order valence-corrected chi connectivity index (χ1v) is 9.25. The zero-order chi connectivity index (χ0) is 18.4. The fourth-order valence-corrected chi connectivity index (χ4v) is 3.20. The van der Waals surface area contributed by atoms with Gasteiger partial charge in [0.1, 0.15) is 5.69 Å². The van der Waals surface area contributed by atoms with Crippen LogP contribution in [0.4, 0.5) is 0 Å². The minimum absolute atomic E-state index is 0.183. The number of nitrogens with zero attached hydrogens (tertiary/aromatic N) is 1. The Hall–Kier alpha value is -2.63. The van der Waals surface area contributed by atoms with E-state index in [2.05, 4.69) is 15.5 Å². The highest BCUT2D eigenvalue weighted by molar-refractivity contribution is 5.91. The molecular weight excluding hydrogens is 330 g/mol. The number of hydrogen-bond acceptors (Lipinski definition) is 4. The van der Waals surface area contributed by atoms with E-state index in [4.69, 9.17) is 4.74 Å². The van der Waals surface area contributed by atoms with Gasteiger partial charge >= 0.3 is 5.97 Å². The molecule has 0 bridgehead atoms. The number of carbonyl (C=O) groups excluding carboxylic acids is 2. The van der Waals surface area contributed by atoms with E-state index in [1.54, 1.807) is 13.0 Å². The van der Waals surface area contributed by atoms with Crippen molar-refractivity contribution >= 4 is 11.9 Å². The third-order valence-corrected chi connectivity index (χ3v) is 4.72. The van der Waals surface area contributed by atoms with Crippen molar-refractivity contribution in [1.82, 2.24) is 15.5 Å². The van der Waals surface area contributed by atoms with Gasteiger partial charge in [-0.05, 0) is 25.8 Å². The summed E-state index contributed by atoms with van der Waals surface area (Å²) in [5, 5.41) is 9.82. The van der Waals surface area contributed by atoms with Gasteiger partial charge in [0.05, 0.1) is 5.69 Å². The van der Waals surface area contributed by atoms with Crippen LogP contribution in [0.2, 0.25) is 0 Å². The quantitative estimate of drug-likeness (QED) is 0.635. The zero-order valence-corrected chi connectivity index (χ0v) is 15.0. The lowest BCUT2D eigenvalue weighted by molar-refractivity contribution is -0.129. The van der Waals surface area contributed by atoms with E-state index in [0.29, 0.717) is 5.69 Å². The predicted octanol–water partition coefficient (Wildman–Crippen LogP) is 3.46. The maximum Gasteiger partial charge on any atom is 0.357 e. The summed E-state index contributed by atoms with van der Waals surface area (Å²) in [5.41, 5.74) is 1.80. The lowest BCUT2D eigenvalue weighted by Gasteiger charge is -2.19. The molecule has 1 aromatic heterocycles. The fourth-order valence-electron chi connectivity index (χ4n) is 3.20. The summed E-state index contributed by atoms with van der Waals surface area (Å²) in [4.78, 5) is 24.6.